The molecule has 0 aliphatic carbocycles. The van der Waals surface area contributed by atoms with Crippen LogP contribution in [0.15, 0.2) is 32.0 Å². The second-order valence-corrected chi connectivity index (χ2v) is 5.38. The molecule has 0 saturated carbocycles. The minimum absolute atomic E-state index is 0.0992. The molecular weight excluding hydrogens is 326 g/mol. The van der Waals surface area contributed by atoms with Gasteiger partial charge in [0.1, 0.15) is 11.8 Å². The Balaban J connectivity index is 1.76. The molecular formula is C12H12BrN5O2. The number of hydrogen-bond acceptors (Lipinski definition) is 6. The summed E-state index contributed by atoms with van der Waals surface area (Å²) in [5.74, 6) is 1.84. The molecule has 3 heterocycles. The third-order valence-corrected chi connectivity index (χ3v) is 3.24. The van der Waals surface area contributed by atoms with Gasteiger partial charge in [-0.15, -0.1) is 0 Å². The molecule has 104 valence electrons. The standard InChI is InChI=1S/C12H12BrN5O2/c1-7-3-10(16-19-7)4-11-15-12(17-20-11)8(2)18-6-9(13)5-14-18/h3,5-6,8H,4H2,1-2H3. The van der Waals surface area contributed by atoms with Crippen molar-refractivity contribution in [2.45, 2.75) is 26.3 Å². The van der Waals surface area contributed by atoms with Crippen molar-refractivity contribution < 1.29 is 9.05 Å². The van der Waals surface area contributed by atoms with Crippen molar-refractivity contribution in [1.29, 1.82) is 0 Å². The van der Waals surface area contributed by atoms with Gasteiger partial charge in [0.15, 0.2) is 5.82 Å². The molecule has 0 amide bonds. The zero-order chi connectivity index (χ0) is 14.1. The van der Waals surface area contributed by atoms with Gasteiger partial charge in [0.05, 0.1) is 22.8 Å². The minimum Gasteiger partial charge on any atom is -0.361 e. The van der Waals surface area contributed by atoms with Gasteiger partial charge < -0.3 is 9.05 Å². The molecule has 0 aliphatic heterocycles. The van der Waals surface area contributed by atoms with Crippen molar-refractivity contribution in [2.75, 3.05) is 0 Å². The smallest absolute Gasteiger partial charge is 0.232 e. The highest BCUT2D eigenvalue weighted by molar-refractivity contribution is 9.10. The molecule has 1 atom stereocenters. The average Bonchev–Trinajstić information content (AvgIpc) is 3.11. The summed E-state index contributed by atoms with van der Waals surface area (Å²) in [7, 11) is 0. The SMILES string of the molecule is Cc1cc(Cc2nc(C(C)n3cc(Br)cn3)no2)no1. The van der Waals surface area contributed by atoms with Gasteiger partial charge in [-0.2, -0.15) is 10.1 Å². The topological polar surface area (TPSA) is 82.8 Å². The van der Waals surface area contributed by atoms with Gasteiger partial charge in [-0.3, -0.25) is 4.68 Å². The van der Waals surface area contributed by atoms with Crippen LogP contribution >= 0.6 is 15.9 Å². The lowest BCUT2D eigenvalue weighted by Crippen LogP contribution is -2.08. The second kappa shape index (κ2) is 5.20. The van der Waals surface area contributed by atoms with Crippen LogP contribution < -0.4 is 0 Å². The quantitative estimate of drug-likeness (QED) is 0.727. The third-order valence-electron chi connectivity index (χ3n) is 2.83. The van der Waals surface area contributed by atoms with Gasteiger partial charge >= 0.3 is 0 Å². The predicted molar refractivity (Wildman–Crippen MR) is 72.1 cm³/mol. The Morgan fingerprint density at radius 3 is 2.85 bits per heavy atom. The summed E-state index contributed by atoms with van der Waals surface area (Å²) in [4.78, 5) is 4.36. The van der Waals surface area contributed by atoms with Crippen LogP contribution in [0.1, 0.15) is 36.1 Å². The first-order chi connectivity index (χ1) is 9.61. The van der Waals surface area contributed by atoms with E-state index in [1.54, 1.807) is 10.9 Å². The molecule has 0 N–H and O–H groups in total. The van der Waals surface area contributed by atoms with E-state index in [1.807, 2.05) is 26.1 Å². The van der Waals surface area contributed by atoms with Crippen molar-refractivity contribution in [3.63, 3.8) is 0 Å². The molecule has 3 aromatic heterocycles. The Morgan fingerprint density at radius 1 is 1.35 bits per heavy atom. The average molecular weight is 338 g/mol. The summed E-state index contributed by atoms with van der Waals surface area (Å²) in [6.45, 7) is 3.79. The number of rotatable bonds is 4. The highest BCUT2D eigenvalue weighted by Crippen LogP contribution is 2.17. The largest absolute Gasteiger partial charge is 0.361 e. The van der Waals surface area contributed by atoms with Crippen LogP contribution in [0.5, 0.6) is 0 Å². The summed E-state index contributed by atoms with van der Waals surface area (Å²) >= 11 is 3.36. The summed E-state index contributed by atoms with van der Waals surface area (Å²) in [5.41, 5.74) is 0.771. The van der Waals surface area contributed by atoms with E-state index in [4.69, 9.17) is 9.05 Å². The maximum absolute atomic E-state index is 5.23. The molecule has 20 heavy (non-hydrogen) atoms. The number of halogens is 1. The van der Waals surface area contributed by atoms with E-state index < -0.39 is 0 Å². The van der Waals surface area contributed by atoms with Crippen molar-refractivity contribution >= 4 is 15.9 Å². The van der Waals surface area contributed by atoms with Crippen LogP contribution in [-0.2, 0) is 6.42 Å². The van der Waals surface area contributed by atoms with Crippen molar-refractivity contribution in [1.82, 2.24) is 25.1 Å². The summed E-state index contributed by atoms with van der Waals surface area (Å²) in [5, 5.41) is 12.1. The Kier molecular flexibility index (Phi) is 3.39. The predicted octanol–water partition coefficient (Wildman–Crippen LogP) is 2.53. The highest BCUT2D eigenvalue weighted by atomic mass is 79.9. The van der Waals surface area contributed by atoms with Gasteiger partial charge in [0, 0.05) is 12.3 Å². The lowest BCUT2D eigenvalue weighted by molar-refractivity contribution is 0.363. The summed E-state index contributed by atoms with van der Waals surface area (Å²) in [6.07, 6.45) is 4.04. The van der Waals surface area contributed by atoms with Crippen LogP contribution in [0.4, 0.5) is 0 Å². The van der Waals surface area contributed by atoms with Crippen molar-refractivity contribution in [3.8, 4) is 0 Å². The van der Waals surface area contributed by atoms with E-state index >= 15 is 0 Å². The summed E-state index contributed by atoms with van der Waals surface area (Å²) < 4.78 is 12.9. The highest BCUT2D eigenvalue weighted by Gasteiger charge is 2.17. The molecule has 0 aromatic carbocycles. The van der Waals surface area contributed by atoms with Gasteiger partial charge in [-0.25, -0.2) is 0 Å². The Hall–Kier alpha value is -1.96. The molecule has 0 bridgehead atoms. The monoisotopic (exact) mass is 337 g/mol. The first-order valence-electron chi connectivity index (χ1n) is 6.06. The normalized spacial score (nSPS) is 12.8. The molecule has 0 spiro atoms. The molecule has 0 radical (unpaired) electrons. The van der Waals surface area contributed by atoms with E-state index in [2.05, 4.69) is 36.3 Å². The fraction of sp³-hybridized carbons (Fsp3) is 0.333. The zero-order valence-electron chi connectivity index (χ0n) is 10.9. The first kappa shape index (κ1) is 13.0. The molecule has 3 rings (SSSR count). The van der Waals surface area contributed by atoms with E-state index in [0.29, 0.717) is 18.1 Å². The molecule has 1 unspecified atom stereocenters. The Labute approximate surface area is 123 Å². The van der Waals surface area contributed by atoms with Gasteiger partial charge in [-0.1, -0.05) is 10.3 Å². The lowest BCUT2D eigenvalue weighted by Gasteiger charge is -2.05. The van der Waals surface area contributed by atoms with E-state index in [-0.39, 0.29) is 6.04 Å². The minimum atomic E-state index is -0.0992. The van der Waals surface area contributed by atoms with Crippen molar-refractivity contribution in [2.24, 2.45) is 0 Å². The number of hydrogen-bond donors (Lipinski definition) is 0. The van der Waals surface area contributed by atoms with Crippen LogP contribution in [0.2, 0.25) is 0 Å². The van der Waals surface area contributed by atoms with Gasteiger partial charge in [0.2, 0.25) is 5.89 Å². The van der Waals surface area contributed by atoms with Gasteiger partial charge in [0.25, 0.3) is 0 Å². The van der Waals surface area contributed by atoms with E-state index in [9.17, 15) is 0 Å². The molecule has 7 nitrogen and oxygen atoms in total. The fourth-order valence-electron chi connectivity index (χ4n) is 1.81. The number of aromatic nitrogens is 5. The fourth-order valence-corrected chi connectivity index (χ4v) is 2.11. The van der Waals surface area contributed by atoms with Crippen LogP contribution in [0, 0.1) is 6.92 Å². The number of aryl methyl sites for hydroxylation is 1. The third kappa shape index (κ3) is 2.64. The van der Waals surface area contributed by atoms with Gasteiger partial charge in [-0.05, 0) is 29.8 Å². The first-order valence-corrected chi connectivity index (χ1v) is 6.85. The van der Waals surface area contributed by atoms with E-state index in [0.717, 1.165) is 15.9 Å². The number of nitrogens with zero attached hydrogens (tertiary/aromatic N) is 5. The lowest BCUT2D eigenvalue weighted by atomic mass is 10.3. The molecule has 8 heteroatoms. The summed E-state index contributed by atoms with van der Waals surface area (Å²) in [6, 6.07) is 1.75. The maximum atomic E-state index is 5.23. The second-order valence-electron chi connectivity index (χ2n) is 4.47. The molecule has 0 aliphatic rings. The Bertz CT molecular complexity index is 717. The molecule has 0 fully saturated rings. The van der Waals surface area contributed by atoms with Crippen LogP contribution in [-0.4, -0.2) is 25.1 Å². The van der Waals surface area contributed by atoms with Crippen LogP contribution in [0.25, 0.3) is 0 Å². The Morgan fingerprint density at radius 2 is 2.20 bits per heavy atom. The van der Waals surface area contributed by atoms with Crippen LogP contribution in [0.3, 0.4) is 0 Å². The van der Waals surface area contributed by atoms with Crippen molar-refractivity contribution in [3.05, 3.63) is 46.1 Å². The van der Waals surface area contributed by atoms with E-state index in [1.165, 1.54) is 0 Å². The zero-order valence-corrected chi connectivity index (χ0v) is 12.5. The molecule has 0 saturated heterocycles. The molecule has 3 aromatic rings. The maximum Gasteiger partial charge on any atom is 0.232 e.